The van der Waals surface area contributed by atoms with Crippen LogP contribution in [0.2, 0.25) is 0 Å². The number of aryl methyl sites for hydroxylation is 1. The van der Waals surface area contributed by atoms with Gasteiger partial charge in [0.1, 0.15) is 0 Å². The van der Waals surface area contributed by atoms with Crippen LogP contribution in [0.1, 0.15) is 25.3 Å². The fourth-order valence-corrected chi connectivity index (χ4v) is 2.39. The number of benzene rings is 1. The normalized spacial score (nSPS) is 24.7. The molecule has 0 radical (unpaired) electrons. The van der Waals surface area contributed by atoms with Crippen molar-refractivity contribution in [3.05, 3.63) is 29.8 Å². The molecule has 1 aromatic rings. The lowest BCUT2D eigenvalue weighted by Crippen LogP contribution is -2.46. The van der Waals surface area contributed by atoms with Crippen LogP contribution in [0.4, 0.5) is 5.69 Å². The Kier molecular flexibility index (Phi) is 3.09. The molecule has 1 saturated heterocycles. The van der Waals surface area contributed by atoms with E-state index in [9.17, 15) is 9.90 Å². The van der Waals surface area contributed by atoms with E-state index in [-0.39, 0.29) is 0 Å². The summed E-state index contributed by atoms with van der Waals surface area (Å²) in [4.78, 5) is 13.5. The number of carboxylic acid groups (broad SMARTS) is 1. The molecule has 0 aliphatic carbocycles. The van der Waals surface area contributed by atoms with Gasteiger partial charge in [0, 0.05) is 18.8 Å². The molecule has 0 aromatic heterocycles. The molecule has 1 unspecified atom stereocenters. The Morgan fingerprint density at radius 3 is 2.59 bits per heavy atom. The molecule has 3 nitrogen and oxygen atoms in total. The van der Waals surface area contributed by atoms with Crippen LogP contribution in [0.3, 0.4) is 0 Å². The summed E-state index contributed by atoms with van der Waals surface area (Å²) in [6, 6.07) is 8.29. The molecule has 1 atom stereocenters. The minimum Gasteiger partial charge on any atom is -0.481 e. The van der Waals surface area contributed by atoms with Crippen LogP contribution in [0.5, 0.6) is 0 Å². The van der Waals surface area contributed by atoms with E-state index in [4.69, 9.17) is 0 Å². The second kappa shape index (κ2) is 4.40. The van der Waals surface area contributed by atoms with Crippen molar-refractivity contribution >= 4 is 11.7 Å². The molecular formula is C14H19NO2. The number of carboxylic acids is 1. The van der Waals surface area contributed by atoms with Crippen molar-refractivity contribution in [3.63, 3.8) is 0 Å². The Morgan fingerprint density at radius 1 is 1.35 bits per heavy atom. The van der Waals surface area contributed by atoms with Gasteiger partial charge in [0.05, 0.1) is 5.41 Å². The summed E-state index contributed by atoms with van der Waals surface area (Å²) in [5.74, 6) is -0.686. The van der Waals surface area contributed by atoms with Crippen LogP contribution in [-0.2, 0) is 4.79 Å². The Bertz CT molecular complexity index is 413. The summed E-state index contributed by atoms with van der Waals surface area (Å²) < 4.78 is 0. The van der Waals surface area contributed by atoms with E-state index < -0.39 is 11.4 Å². The molecule has 3 heteroatoms. The number of hydrogen-bond donors (Lipinski definition) is 1. The van der Waals surface area contributed by atoms with Crippen molar-refractivity contribution in [2.75, 3.05) is 18.0 Å². The molecule has 1 aliphatic rings. The van der Waals surface area contributed by atoms with E-state index in [1.165, 1.54) is 5.56 Å². The molecule has 0 bridgehead atoms. The van der Waals surface area contributed by atoms with Crippen molar-refractivity contribution in [1.29, 1.82) is 0 Å². The van der Waals surface area contributed by atoms with Crippen LogP contribution in [-0.4, -0.2) is 24.2 Å². The van der Waals surface area contributed by atoms with E-state index in [1.54, 1.807) is 0 Å². The highest BCUT2D eigenvalue weighted by molar-refractivity contribution is 5.75. The zero-order valence-electron chi connectivity index (χ0n) is 10.4. The number of rotatable bonds is 2. The van der Waals surface area contributed by atoms with E-state index in [1.807, 2.05) is 6.92 Å². The lowest BCUT2D eigenvalue weighted by atomic mass is 9.82. The van der Waals surface area contributed by atoms with Gasteiger partial charge in [-0.1, -0.05) is 17.7 Å². The highest BCUT2D eigenvalue weighted by atomic mass is 16.4. The van der Waals surface area contributed by atoms with E-state index in [0.717, 1.165) is 25.1 Å². The zero-order chi connectivity index (χ0) is 12.5. The van der Waals surface area contributed by atoms with Crippen LogP contribution < -0.4 is 4.90 Å². The molecule has 2 rings (SSSR count). The first kappa shape index (κ1) is 12.0. The number of nitrogens with zero attached hydrogens (tertiary/aromatic N) is 1. The standard InChI is InChI=1S/C14H19NO2/c1-11-4-6-12(7-5-11)15-9-3-8-14(2,10-15)13(16)17/h4-7H,3,8-10H2,1-2H3,(H,16,17). The second-order valence-corrected chi connectivity index (χ2v) is 5.23. The van der Waals surface area contributed by atoms with E-state index in [0.29, 0.717) is 6.54 Å². The van der Waals surface area contributed by atoms with Gasteiger partial charge in [-0.15, -0.1) is 0 Å². The van der Waals surface area contributed by atoms with E-state index >= 15 is 0 Å². The maximum Gasteiger partial charge on any atom is 0.311 e. The molecule has 17 heavy (non-hydrogen) atoms. The first-order valence-corrected chi connectivity index (χ1v) is 6.06. The number of anilines is 1. The summed E-state index contributed by atoms with van der Waals surface area (Å²) in [5, 5.41) is 9.28. The minimum atomic E-state index is -0.686. The largest absolute Gasteiger partial charge is 0.481 e. The number of hydrogen-bond acceptors (Lipinski definition) is 2. The third-order valence-electron chi connectivity index (χ3n) is 3.61. The molecule has 1 heterocycles. The predicted octanol–water partition coefficient (Wildman–Crippen LogP) is 2.69. The molecule has 92 valence electrons. The monoisotopic (exact) mass is 233 g/mol. The van der Waals surface area contributed by atoms with Gasteiger partial charge in [-0.25, -0.2) is 0 Å². The lowest BCUT2D eigenvalue weighted by molar-refractivity contribution is -0.148. The number of carbonyl (C=O) groups is 1. The maximum absolute atomic E-state index is 11.3. The van der Waals surface area contributed by atoms with Crippen LogP contribution in [0.25, 0.3) is 0 Å². The molecule has 0 amide bonds. The molecule has 0 spiro atoms. The van der Waals surface area contributed by atoms with Crippen LogP contribution >= 0.6 is 0 Å². The summed E-state index contributed by atoms with van der Waals surface area (Å²) in [5.41, 5.74) is 1.75. The van der Waals surface area contributed by atoms with Crippen molar-refractivity contribution in [3.8, 4) is 0 Å². The smallest absolute Gasteiger partial charge is 0.311 e. The van der Waals surface area contributed by atoms with Gasteiger partial charge in [0.15, 0.2) is 0 Å². The van der Waals surface area contributed by atoms with Crippen molar-refractivity contribution in [2.24, 2.45) is 5.41 Å². The lowest BCUT2D eigenvalue weighted by Gasteiger charge is -2.38. The predicted molar refractivity (Wildman–Crippen MR) is 68.4 cm³/mol. The van der Waals surface area contributed by atoms with Crippen LogP contribution in [0.15, 0.2) is 24.3 Å². The van der Waals surface area contributed by atoms with Gasteiger partial charge in [0.2, 0.25) is 0 Å². The number of aliphatic carboxylic acids is 1. The average molecular weight is 233 g/mol. The molecule has 1 aliphatic heterocycles. The molecule has 0 saturated carbocycles. The topological polar surface area (TPSA) is 40.5 Å². The third kappa shape index (κ3) is 2.43. The molecule has 1 aromatic carbocycles. The van der Waals surface area contributed by atoms with Gasteiger partial charge >= 0.3 is 5.97 Å². The number of piperidine rings is 1. The van der Waals surface area contributed by atoms with Gasteiger partial charge in [-0.3, -0.25) is 4.79 Å². The SMILES string of the molecule is Cc1ccc(N2CCCC(C)(C(=O)O)C2)cc1. The second-order valence-electron chi connectivity index (χ2n) is 5.23. The van der Waals surface area contributed by atoms with Crippen molar-refractivity contribution in [2.45, 2.75) is 26.7 Å². The Balaban J connectivity index is 2.17. The van der Waals surface area contributed by atoms with Crippen molar-refractivity contribution in [1.82, 2.24) is 0 Å². The van der Waals surface area contributed by atoms with Crippen LogP contribution in [0, 0.1) is 12.3 Å². The highest BCUT2D eigenvalue weighted by Gasteiger charge is 2.37. The first-order valence-electron chi connectivity index (χ1n) is 6.06. The molecule has 1 fully saturated rings. The molecular weight excluding hydrogens is 214 g/mol. The Labute approximate surface area is 102 Å². The summed E-state index contributed by atoms with van der Waals surface area (Å²) in [6.45, 7) is 5.45. The minimum absolute atomic E-state index is 0.603. The third-order valence-corrected chi connectivity index (χ3v) is 3.61. The fraction of sp³-hybridized carbons (Fsp3) is 0.500. The van der Waals surface area contributed by atoms with Crippen molar-refractivity contribution < 1.29 is 9.90 Å². The summed E-state index contributed by atoms with van der Waals surface area (Å²) >= 11 is 0. The van der Waals surface area contributed by atoms with Gasteiger partial charge in [-0.2, -0.15) is 0 Å². The maximum atomic E-state index is 11.3. The highest BCUT2D eigenvalue weighted by Crippen LogP contribution is 2.32. The molecule has 1 N–H and O–H groups in total. The van der Waals surface area contributed by atoms with Gasteiger partial charge < -0.3 is 10.0 Å². The Morgan fingerprint density at radius 2 is 2.00 bits per heavy atom. The van der Waals surface area contributed by atoms with Gasteiger partial charge in [-0.05, 0) is 38.8 Å². The van der Waals surface area contributed by atoms with E-state index in [2.05, 4.69) is 36.1 Å². The average Bonchev–Trinajstić information content (AvgIpc) is 2.30. The quantitative estimate of drug-likeness (QED) is 0.853. The van der Waals surface area contributed by atoms with Gasteiger partial charge in [0.25, 0.3) is 0 Å². The first-order chi connectivity index (χ1) is 8.01. The Hall–Kier alpha value is -1.51. The summed E-state index contributed by atoms with van der Waals surface area (Å²) in [7, 11) is 0. The fourth-order valence-electron chi connectivity index (χ4n) is 2.39. The summed E-state index contributed by atoms with van der Waals surface area (Å²) in [6.07, 6.45) is 1.71. The zero-order valence-corrected chi connectivity index (χ0v) is 10.4.